The summed E-state index contributed by atoms with van der Waals surface area (Å²) in [6.45, 7) is 5.98. The number of aromatic amines is 1. The predicted octanol–water partition coefficient (Wildman–Crippen LogP) is 4.63. The van der Waals surface area contributed by atoms with Gasteiger partial charge in [0.1, 0.15) is 0 Å². The van der Waals surface area contributed by atoms with Gasteiger partial charge >= 0.3 is 0 Å². The lowest BCUT2D eigenvalue weighted by Crippen LogP contribution is -2.56. The first-order valence-electron chi connectivity index (χ1n) is 13.7. The van der Waals surface area contributed by atoms with Gasteiger partial charge in [-0.1, -0.05) is 42.5 Å². The zero-order chi connectivity index (χ0) is 25.5. The molecule has 3 aromatic carbocycles. The Labute approximate surface area is 222 Å². The van der Waals surface area contributed by atoms with E-state index in [4.69, 9.17) is 4.74 Å². The maximum absolute atomic E-state index is 13.3. The molecule has 1 saturated carbocycles. The highest BCUT2D eigenvalue weighted by molar-refractivity contribution is 6.01. The van der Waals surface area contributed by atoms with Gasteiger partial charge in [0.15, 0.2) is 0 Å². The third kappa shape index (κ3) is 4.57. The van der Waals surface area contributed by atoms with Crippen molar-refractivity contribution in [1.82, 2.24) is 20.4 Å². The summed E-state index contributed by atoms with van der Waals surface area (Å²) in [4.78, 5) is 18.3. The molecule has 2 aliphatic heterocycles. The summed E-state index contributed by atoms with van der Waals surface area (Å²) in [5.41, 5.74) is 5.92. The van der Waals surface area contributed by atoms with Crippen molar-refractivity contribution >= 4 is 22.5 Å². The zero-order valence-corrected chi connectivity index (χ0v) is 21.5. The van der Waals surface area contributed by atoms with Crippen molar-refractivity contribution in [1.29, 1.82) is 0 Å². The number of nitrogens with zero attached hydrogens (tertiary/aromatic N) is 3. The van der Waals surface area contributed by atoms with E-state index in [9.17, 15) is 4.79 Å². The van der Waals surface area contributed by atoms with Crippen LogP contribution in [0.5, 0.6) is 0 Å². The highest BCUT2D eigenvalue weighted by atomic mass is 16.5. The molecule has 1 atom stereocenters. The number of hydrogen-bond acceptors (Lipinski definition) is 5. The van der Waals surface area contributed by atoms with E-state index in [1.54, 1.807) is 0 Å². The first-order valence-corrected chi connectivity index (χ1v) is 13.7. The van der Waals surface area contributed by atoms with E-state index in [-0.39, 0.29) is 11.9 Å². The molecular formula is C31H33N5O2. The Balaban J connectivity index is 1.08. The number of aromatic nitrogens is 2. The maximum atomic E-state index is 13.3. The number of carbonyl (C=O) groups is 1. The van der Waals surface area contributed by atoms with Crippen molar-refractivity contribution in [3.8, 4) is 11.3 Å². The Morgan fingerprint density at radius 2 is 1.71 bits per heavy atom. The molecule has 2 N–H and O–H groups in total. The number of piperazine rings is 1. The summed E-state index contributed by atoms with van der Waals surface area (Å²) in [5, 5.41) is 12.0. The van der Waals surface area contributed by atoms with Crippen LogP contribution >= 0.6 is 0 Å². The SMILES string of the molecule is O=C(N[C@H](c1ccccc1)C1CC1)c1ccc2[nH]nc(-c3ccc(N4CCN(C5COC5)CC4)cc3)c2c1. The van der Waals surface area contributed by atoms with Crippen molar-refractivity contribution < 1.29 is 9.53 Å². The molecule has 2 saturated heterocycles. The summed E-state index contributed by atoms with van der Waals surface area (Å²) < 4.78 is 5.36. The second-order valence-electron chi connectivity index (χ2n) is 10.8. The summed E-state index contributed by atoms with van der Waals surface area (Å²) >= 11 is 0. The van der Waals surface area contributed by atoms with E-state index in [2.05, 4.69) is 61.7 Å². The molecule has 1 aromatic heterocycles. The molecular weight excluding hydrogens is 474 g/mol. The molecule has 1 amide bonds. The Bertz CT molecular complexity index is 1420. The largest absolute Gasteiger partial charge is 0.378 e. The second kappa shape index (κ2) is 9.89. The summed E-state index contributed by atoms with van der Waals surface area (Å²) in [6.07, 6.45) is 2.32. The van der Waals surface area contributed by atoms with Crippen LogP contribution in [0.1, 0.15) is 34.8 Å². The minimum Gasteiger partial charge on any atom is -0.378 e. The molecule has 3 aliphatic rings. The van der Waals surface area contributed by atoms with Gasteiger partial charge < -0.3 is 15.0 Å². The Morgan fingerprint density at radius 3 is 2.39 bits per heavy atom. The van der Waals surface area contributed by atoms with Gasteiger partial charge in [0.2, 0.25) is 0 Å². The van der Waals surface area contributed by atoms with Crippen molar-refractivity contribution in [3.05, 3.63) is 83.9 Å². The smallest absolute Gasteiger partial charge is 0.251 e. The summed E-state index contributed by atoms with van der Waals surface area (Å²) in [7, 11) is 0. The molecule has 7 rings (SSSR count). The van der Waals surface area contributed by atoms with Crippen molar-refractivity contribution in [2.24, 2.45) is 5.92 Å². The highest BCUT2D eigenvalue weighted by Gasteiger charge is 2.33. The van der Waals surface area contributed by atoms with Gasteiger partial charge in [-0.3, -0.25) is 14.8 Å². The van der Waals surface area contributed by atoms with Crippen LogP contribution in [0.15, 0.2) is 72.8 Å². The average molecular weight is 508 g/mol. The molecule has 0 spiro atoms. The maximum Gasteiger partial charge on any atom is 0.251 e. The van der Waals surface area contributed by atoms with Crippen LogP contribution in [0.3, 0.4) is 0 Å². The lowest BCUT2D eigenvalue weighted by molar-refractivity contribution is -0.0660. The lowest BCUT2D eigenvalue weighted by atomic mass is 10.0. The van der Waals surface area contributed by atoms with Crippen molar-refractivity contribution in [2.75, 3.05) is 44.3 Å². The Morgan fingerprint density at radius 1 is 0.947 bits per heavy atom. The number of nitrogens with one attached hydrogen (secondary N) is 2. The van der Waals surface area contributed by atoms with Crippen LogP contribution in [0.4, 0.5) is 5.69 Å². The van der Waals surface area contributed by atoms with Crippen LogP contribution in [0, 0.1) is 5.92 Å². The molecule has 7 nitrogen and oxygen atoms in total. The number of H-pyrrole nitrogens is 1. The van der Waals surface area contributed by atoms with Crippen molar-refractivity contribution in [2.45, 2.75) is 24.9 Å². The molecule has 1 aliphatic carbocycles. The van der Waals surface area contributed by atoms with Crippen LogP contribution in [-0.4, -0.2) is 66.4 Å². The topological polar surface area (TPSA) is 73.5 Å². The minimum absolute atomic E-state index is 0.0391. The third-order valence-corrected chi connectivity index (χ3v) is 8.32. The first kappa shape index (κ1) is 23.4. The van der Waals surface area contributed by atoms with Crippen LogP contribution in [0.2, 0.25) is 0 Å². The van der Waals surface area contributed by atoms with Gasteiger partial charge in [0.25, 0.3) is 5.91 Å². The number of amides is 1. The van der Waals surface area contributed by atoms with Crippen LogP contribution < -0.4 is 10.2 Å². The standard InChI is InChI=1S/C31H33N5O2/c37-31(32-29(22-6-7-22)21-4-2-1-3-5-21)24-10-13-28-27(18-24)30(34-33-28)23-8-11-25(12-9-23)35-14-16-36(17-15-35)26-19-38-20-26/h1-5,8-13,18,22,26,29H,6-7,14-17,19-20H2,(H,32,37)(H,33,34)/t29-/m1/s1. The van der Waals surface area contributed by atoms with Gasteiger partial charge in [-0.25, -0.2) is 0 Å². The predicted molar refractivity (Wildman–Crippen MR) is 149 cm³/mol. The minimum atomic E-state index is -0.0391. The first-order chi connectivity index (χ1) is 18.7. The van der Waals surface area contributed by atoms with Gasteiger partial charge in [0.05, 0.1) is 36.5 Å². The molecule has 4 aromatic rings. The normalized spacial score (nSPS) is 19.3. The van der Waals surface area contributed by atoms with E-state index in [0.29, 0.717) is 17.5 Å². The highest BCUT2D eigenvalue weighted by Crippen LogP contribution is 2.41. The van der Waals surface area contributed by atoms with E-state index >= 15 is 0 Å². The molecule has 194 valence electrons. The quantitative estimate of drug-likeness (QED) is 0.382. The monoisotopic (exact) mass is 507 g/mol. The number of ether oxygens (including phenoxy) is 1. The number of benzene rings is 3. The molecule has 38 heavy (non-hydrogen) atoms. The third-order valence-electron chi connectivity index (χ3n) is 8.32. The van der Waals surface area contributed by atoms with Gasteiger partial charge in [-0.2, -0.15) is 5.10 Å². The Hall–Kier alpha value is -3.68. The molecule has 0 unspecified atom stereocenters. The van der Waals surface area contributed by atoms with Crippen molar-refractivity contribution in [3.63, 3.8) is 0 Å². The number of anilines is 1. The number of carbonyl (C=O) groups excluding carboxylic acids is 1. The average Bonchev–Trinajstić information content (AvgIpc) is 3.70. The molecule has 0 radical (unpaired) electrons. The van der Waals surface area contributed by atoms with Crippen LogP contribution in [0.25, 0.3) is 22.2 Å². The van der Waals surface area contributed by atoms with Gasteiger partial charge in [-0.05, 0) is 54.7 Å². The Kier molecular flexibility index (Phi) is 6.10. The number of fused-ring (bicyclic) bond motifs is 1. The van der Waals surface area contributed by atoms with Crippen LogP contribution in [-0.2, 0) is 4.74 Å². The van der Waals surface area contributed by atoms with E-state index in [1.807, 2.05) is 36.4 Å². The lowest BCUT2D eigenvalue weighted by Gasteiger charge is -2.43. The van der Waals surface area contributed by atoms with E-state index in [0.717, 1.165) is 74.4 Å². The van der Waals surface area contributed by atoms with Gasteiger partial charge in [-0.15, -0.1) is 0 Å². The molecule has 3 fully saturated rings. The summed E-state index contributed by atoms with van der Waals surface area (Å²) in [6, 6.07) is 25.4. The number of rotatable bonds is 7. The van der Waals surface area contributed by atoms with Gasteiger partial charge in [0, 0.05) is 48.4 Å². The molecule has 7 heteroatoms. The fraction of sp³-hybridized carbons (Fsp3) is 0.355. The fourth-order valence-corrected chi connectivity index (χ4v) is 5.77. The molecule has 3 heterocycles. The second-order valence-corrected chi connectivity index (χ2v) is 10.8. The van der Waals surface area contributed by atoms with E-state index < -0.39 is 0 Å². The molecule has 0 bridgehead atoms. The zero-order valence-electron chi connectivity index (χ0n) is 21.5. The number of hydrogen-bond donors (Lipinski definition) is 2. The van der Waals surface area contributed by atoms with E-state index in [1.165, 1.54) is 11.3 Å². The summed E-state index contributed by atoms with van der Waals surface area (Å²) in [5.74, 6) is 0.478. The fourth-order valence-electron chi connectivity index (χ4n) is 5.77.